The van der Waals surface area contributed by atoms with Crippen molar-refractivity contribution in [1.82, 2.24) is 20.4 Å². The van der Waals surface area contributed by atoms with E-state index in [0.29, 0.717) is 6.04 Å². The first-order valence-electron chi connectivity index (χ1n) is 11.0. The van der Waals surface area contributed by atoms with E-state index >= 15 is 0 Å². The van der Waals surface area contributed by atoms with E-state index in [9.17, 15) is 4.79 Å². The maximum absolute atomic E-state index is 12.2. The molecule has 2 N–H and O–H groups in total. The zero-order chi connectivity index (χ0) is 19.6. The molecule has 0 aromatic carbocycles. The minimum Gasteiger partial charge on any atom is -0.357 e. The number of carbonyl (C=O) groups is 1. The minimum absolute atomic E-state index is 0. The average molecular weight is 508 g/mol. The van der Waals surface area contributed by atoms with Crippen molar-refractivity contribution >= 4 is 35.8 Å². The fraction of sp³-hybridized carbons (Fsp3) is 0.905. The quantitative estimate of drug-likeness (QED) is 0.230. The van der Waals surface area contributed by atoms with E-state index in [0.717, 1.165) is 57.6 Å². The summed E-state index contributed by atoms with van der Waals surface area (Å²) in [7, 11) is 2.27. The smallest absolute Gasteiger partial charge is 0.225 e. The van der Waals surface area contributed by atoms with Crippen LogP contribution in [0, 0.1) is 5.92 Å². The first kappa shape index (κ1) is 25.5. The molecule has 0 aromatic heterocycles. The molecule has 0 aromatic rings. The van der Waals surface area contributed by atoms with Gasteiger partial charge in [0.25, 0.3) is 0 Å². The molecule has 1 amide bonds. The fourth-order valence-corrected chi connectivity index (χ4v) is 4.17. The normalized spacial score (nSPS) is 21.1. The third-order valence-corrected chi connectivity index (χ3v) is 5.82. The number of guanidine groups is 1. The Morgan fingerprint density at radius 1 is 1.21 bits per heavy atom. The van der Waals surface area contributed by atoms with Gasteiger partial charge in [-0.05, 0) is 46.2 Å². The van der Waals surface area contributed by atoms with E-state index in [1.165, 1.54) is 32.1 Å². The molecule has 1 aliphatic heterocycles. The standard InChI is InChI=1S/C21H41N5O.HI/c1-5-22-21(24-18-12-15-26(16-18)20(27)17(2)3)23-13-9-14-25(4)19-10-7-6-8-11-19;/h17-19H,5-16H2,1-4H3,(H2,22,23,24);1H. The number of amides is 1. The summed E-state index contributed by atoms with van der Waals surface area (Å²) in [5, 5.41) is 6.87. The van der Waals surface area contributed by atoms with Gasteiger partial charge in [-0.2, -0.15) is 0 Å². The largest absolute Gasteiger partial charge is 0.357 e. The second-order valence-electron chi connectivity index (χ2n) is 8.46. The number of halogens is 1. The highest BCUT2D eigenvalue weighted by Gasteiger charge is 2.27. The van der Waals surface area contributed by atoms with Crippen molar-refractivity contribution in [2.75, 3.05) is 39.8 Å². The molecule has 164 valence electrons. The van der Waals surface area contributed by atoms with Crippen LogP contribution in [0.15, 0.2) is 4.99 Å². The number of aliphatic imine (C=N–C) groups is 1. The van der Waals surface area contributed by atoms with Gasteiger partial charge in [-0.1, -0.05) is 33.1 Å². The van der Waals surface area contributed by atoms with E-state index in [2.05, 4.69) is 29.5 Å². The van der Waals surface area contributed by atoms with Crippen molar-refractivity contribution in [3.05, 3.63) is 0 Å². The number of carbonyl (C=O) groups excluding carboxylic acids is 1. The van der Waals surface area contributed by atoms with Gasteiger partial charge in [0.2, 0.25) is 5.91 Å². The molecule has 1 saturated heterocycles. The molecule has 1 unspecified atom stereocenters. The Hall–Kier alpha value is -0.570. The van der Waals surface area contributed by atoms with Crippen molar-refractivity contribution in [3.8, 4) is 0 Å². The minimum atomic E-state index is 0. The lowest BCUT2D eigenvalue weighted by molar-refractivity contribution is -0.133. The maximum atomic E-state index is 12.2. The molecule has 2 aliphatic rings. The van der Waals surface area contributed by atoms with Gasteiger partial charge in [-0.15, -0.1) is 24.0 Å². The topological polar surface area (TPSA) is 60.0 Å². The Labute approximate surface area is 189 Å². The molecule has 0 bridgehead atoms. The van der Waals surface area contributed by atoms with E-state index in [-0.39, 0.29) is 35.8 Å². The molecular formula is C21H42IN5O. The lowest BCUT2D eigenvalue weighted by atomic mass is 9.94. The lowest BCUT2D eigenvalue weighted by Crippen LogP contribution is -2.45. The zero-order valence-corrected chi connectivity index (χ0v) is 20.7. The summed E-state index contributed by atoms with van der Waals surface area (Å²) in [6.45, 7) is 10.5. The Bertz CT molecular complexity index is 479. The summed E-state index contributed by atoms with van der Waals surface area (Å²) >= 11 is 0. The van der Waals surface area contributed by atoms with Gasteiger partial charge in [-0.25, -0.2) is 0 Å². The molecule has 7 heteroatoms. The summed E-state index contributed by atoms with van der Waals surface area (Å²) in [4.78, 5) is 21.4. The second-order valence-corrected chi connectivity index (χ2v) is 8.46. The molecule has 1 saturated carbocycles. The molecule has 6 nitrogen and oxygen atoms in total. The number of hydrogen-bond acceptors (Lipinski definition) is 3. The van der Waals surface area contributed by atoms with Gasteiger partial charge < -0.3 is 20.4 Å². The summed E-state index contributed by atoms with van der Waals surface area (Å²) in [5.41, 5.74) is 0. The Kier molecular flexibility index (Phi) is 12.4. The lowest BCUT2D eigenvalue weighted by Gasteiger charge is -2.31. The van der Waals surface area contributed by atoms with Crippen LogP contribution in [-0.2, 0) is 4.79 Å². The SMILES string of the molecule is CCNC(=NCCCN(C)C1CCCCC1)NC1CCN(C(=O)C(C)C)C1.I. The summed E-state index contributed by atoms with van der Waals surface area (Å²) in [5.74, 6) is 1.22. The van der Waals surface area contributed by atoms with Crippen molar-refractivity contribution in [2.24, 2.45) is 10.9 Å². The highest BCUT2D eigenvalue weighted by Crippen LogP contribution is 2.21. The number of rotatable bonds is 8. The van der Waals surface area contributed by atoms with Crippen LogP contribution in [0.2, 0.25) is 0 Å². The fourth-order valence-electron chi connectivity index (χ4n) is 4.17. The number of likely N-dealkylation sites (tertiary alicyclic amines) is 1. The van der Waals surface area contributed by atoms with Crippen molar-refractivity contribution in [1.29, 1.82) is 0 Å². The van der Waals surface area contributed by atoms with Crippen LogP contribution in [0.5, 0.6) is 0 Å². The highest BCUT2D eigenvalue weighted by molar-refractivity contribution is 14.0. The second kappa shape index (κ2) is 13.6. The third-order valence-electron chi connectivity index (χ3n) is 5.82. The van der Waals surface area contributed by atoms with Gasteiger partial charge in [0.05, 0.1) is 0 Å². The van der Waals surface area contributed by atoms with E-state index in [4.69, 9.17) is 4.99 Å². The molecule has 0 radical (unpaired) electrons. The molecule has 2 fully saturated rings. The zero-order valence-electron chi connectivity index (χ0n) is 18.4. The number of hydrogen-bond donors (Lipinski definition) is 2. The molecule has 0 spiro atoms. The summed E-state index contributed by atoms with van der Waals surface area (Å²) < 4.78 is 0. The third kappa shape index (κ3) is 8.43. The molecular weight excluding hydrogens is 465 g/mol. The highest BCUT2D eigenvalue weighted by atomic mass is 127. The van der Waals surface area contributed by atoms with Gasteiger partial charge in [-0.3, -0.25) is 9.79 Å². The molecule has 2 rings (SSSR count). The number of nitrogens with zero attached hydrogens (tertiary/aromatic N) is 3. The monoisotopic (exact) mass is 507 g/mol. The van der Waals surface area contributed by atoms with Gasteiger partial charge in [0, 0.05) is 44.2 Å². The van der Waals surface area contributed by atoms with Gasteiger partial charge >= 0.3 is 0 Å². The van der Waals surface area contributed by atoms with Crippen molar-refractivity contribution in [3.63, 3.8) is 0 Å². The first-order valence-corrected chi connectivity index (χ1v) is 11.0. The van der Waals surface area contributed by atoms with Crippen molar-refractivity contribution < 1.29 is 4.79 Å². The summed E-state index contributed by atoms with van der Waals surface area (Å²) in [6, 6.07) is 1.08. The van der Waals surface area contributed by atoms with E-state index < -0.39 is 0 Å². The van der Waals surface area contributed by atoms with Crippen LogP contribution in [-0.4, -0.2) is 73.5 Å². The molecule has 1 heterocycles. The molecule has 1 aliphatic carbocycles. The Balaban J connectivity index is 0.00000392. The average Bonchev–Trinajstić information content (AvgIpc) is 3.13. The summed E-state index contributed by atoms with van der Waals surface area (Å²) in [6.07, 6.45) is 8.99. The van der Waals surface area contributed by atoms with Crippen LogP contribution >= 0.6 is 24.0 Å². The predicted octanol–water partition coefficient (Wildman–Crippen LogP) is 3.07. The van der Waals surface area contributed by atoms with Crippen LogP contribution in [0.3, 0.4) is 0 Å². The van der Waals surface area contributed by atoms with Gasteiger partial charge in [0.1, 0.15) is 0 Å². The van der Waals surface area contributed by atoms with Crippen LogP contribution in [0.1, 0.15) is 65.7 Å². The van der Waals surface area contributed by atoms with Crippen LogP contribution in [0.4, 0.5) is 0 Å². The Morgan fingerprint density at radius 3 is 2.57 bits per heavy atom. The van der Waals surface area contributed by atoms with E-state index in [1.54, 1.807) is 0 Å². The van der Waals surface area contributed by atoms with Crippen molar-refractivity contribution in [2.45, 2.75) is 77.8 Å². The predicted molar refractivity (Wildman–Crippen MR) is 128 cm³/mol. The molecule has 28 heavy (non-hydrogen) atoms. The Morgan fingerprint density at radius 2 is 1.93 bits per heavy atom. The van der Waals surface area contributed by atoms with Crippen LogP contribution in [0.25, 0.3) is 0 Å². The first-order chi connectivity index (χ1) is 13.0. The van der Waals surface area contributed by atoms with Crippen LogP contribution < -0.4 is 10.6 Å². The maximum Gasteiger partial charge on any atom is 0.225 e. The van der Waals surface area contributed by atoms with E-state index in [1.807, 2.05) is 18.7 Å². The number of nitrogens with one attached hydrogen (secondary N) is 2. The molecule has 1 atom stereocenters. The van der Waals surface area contributed by atoms with Gasteiger partial charge in [0.15, 0.2) is 5.96 Å².